The molecule has 1 nitrogen and oxygen atoms in total. The lowest BCUT2D eigenvalue weighted by Crippen LogP contribution is -2.25. The smallest absolute Gasteiger partial charge is 0.429 e. The minimum absolute atomic E-state index is 0.190. The summed E-state index contributed by atoms with van der Waals surface area (Å²) in [6, 6.07) is 4.96. The predicted octanol–water partition coefficient (Wildman–Crippen LogP) is 13.0. The van der Waals surface area contributed by atoms with E-state index in [2.05, 4.69) is 4.74 Å². The number of unbranched alkanes of at least 4 members (excludes halogenated alkanes) is 3. The molecule has 0 aliphatic rings. The number of halogens is 13. The molecule has 0 spiro atoms. The average Bonchev–Trinajstić information content (AvgIpc) is 3.00. The Balaban J connectivity index is 1.42. The van der Waals surface area contributed by atoms with Gasteiger partial charge in [0.2, 0.25) is 0 Å². The van der Waals surface area contributed by atoms with E-state index in [1.54, 1.807) is 0 Å². The molecule has 5 rings (SSSR count). The summed E-state index contributed by atoms with van der Waals surface area (Å²) in [6.07, 6.45) is -1.30. The standard InChI is InChI=1S/C37H23ClF12O/c1-2-3-4-5-6-17-7-23(39)34(24(40)8-17)20-11-28(44)35(29(45)12-20)37(49,50)51-21-15-26(42)33(27(43)16-21)18-9-22(38)32(25(41)10-18)19-13-30(46)36(48)31(47)14-19/h7-16H,2-6H2,1H3. The summed E-state index contributed by atoms with van der Waals surface area (Å²) in [6.45, 7) is 1.98. The Morgan fingerprint density at radius 1 is 0.510 bits per heavy atom. The second kappa shape index (κ2) is 14.9. The van der Waals surface area contributed by atoms with Crippen molar-refractivity contribution in [1.82, 2.24) is 0 Å². The largest absolute Gasteiger partial charge is 0.432 e. The van der Waals surface area contributed by atoms with Crippen molar-refractivity contribution >= 4 is 11.6 Å². The molecular weight excluding hydrogens is 724 g/mol. The van der Waals surface area contributed by atoms with Gasteiger partial charge in [-0.1, -0.05) is 37.8 Å². The second-order valence-electron chi connectivity index (χ2n) is 11.5. The van der Waals surface area contributed by atoms with Crippen LogP contribution in [0.3, 0.4) is 0 Å². The molecule has 0 aromatic heterocycles. The Hall–Kier alpha value is -4.65. The fourth-order valence-electron chi connectivity index (χ4n) is 5.57. The molecule has 14 heteroatoms. The summed E-state index contributed by atoms with van der Waals surface area (Å²) < 4.78 is 180. The van der Waals surface area contributed by atoms with Gasteiger partial charge in [0.05, 0.1) is 16.1 Å². The molecule has 268 valence electrons. The maximum Gasteiger partial charge on any atom is 0.432 e. The molecule has 0 fully saturated rings. The van der Waals surface area contributed by atoms with Crippen LogP contribution < -0.4 is 4.74 Å². The monoisotopic (exact) mass is 746 g/mol. The number of hydrogen-bond acceptors (Lipinski definition) is 1. The summed E-state index contributed by atoms with van der Waals surface area (Å²) in [5.41, 5.74) is -6.23. The SMILES string of the molecule is CCCCCCc1cc(F)c(-c2cc(F)c(C(F)(F)Oc3cc(F)c(-c4cc(F)c(-c5cc(F)c(F)c(F)c5)c(Cl)c4)c(F)c3)c(F)c2)c(F)c1. The fourth-order valence-corrected chi connectivity index (χ4v) is 5.89. The number of aryl methyl sites for hydroxylation is 1. The minimum atomic E-state index is -4.94. The third-order valence-electron chi connectivity index (χ3n) is 7.91. The molecule has 0 saturated heterocycles. The highest BCUT2D eigenvalue weighted by molar-refractivity contribution is 6.33. The van der Waals surface area contributed by atoms with Crippen molar-refractivity contribution in [2.24, 2.45) is 0 Å². The zero-order valence-corrected chi connectivity index (χ0v) is 26.9. The van der Waals surface area contributed by atoms with Crippen LogP contribution in [0.25, 0.3) is 33.4 Å². The molecule has 0 radical (unpaired) electrons. The van der Waals surface area contributed by atoms with Crippen LogP contribution in [0.2, 0.25) is 5.02 Å². The maximum atomic E-state index is 15.1. The second-order valence-corrected chi connectivity index (χ2v) is 11.9. The van der Waals surface area contributed by atoms with Crippen LogP contribution in [0.5, 0.6) is 5.75 Å². The highest BCUT2D eigenvalue weighted by atomic mass is 35.5. The lowest BCUT2D eigenvalue weighted by atomic mass is 9.98. The van der Waals surface area contributed by atoms with E-state index in [9.17, 15) is 22.0 Å². The van der Waals surface area contributed by atoms with Gasteiger partial charge < -0.3 is 4.74 Å². The first-order chi connectivity index (χ1) is 24.0. The molecule has 5 aromatic rings. The van der Waals surface area contributed by atoms with Gasteiger partial charge in [0.1, 0.15) is 52.0 Å². The first-order valence-electron chi connectivity index (χ1n) is 15.2. The summed E-state index contributed by atoms with van der Waals surface area (Å²) >= 11 is 6.03. The first kappa shape index (κ1) is 37.6. The van der Waals surface area contributed by atoms with Crippen molar-refractivity contribution in [2.45, 2.75) is 45.1 Å². The number of alkyl halides is 2. The molecule has 5 aromatic carbocycles. The van der Waals surface area contributed by atoms with E-state index in [0.29, 0.717) is 31.0 Å². The Kier molecular flexibility index (Phi) is 11.0. The van der Waals surface area contributed by atoms with Crippen molar-refractivity contribution in [1.29, 1.82) is 0 Å². The van der Waals surface area contributed by atoms with Crippen molar-refractivity contribution in [3.8, 4) is 39.1 Å². The zero-order chi connectivity index (χ0) is 37.4. The first-order valence-corrected chi connectivity index (χ1v) is 15.6. The highest BCUT2D eigenvalue weighted by Crippen LogP contribution is 2.41. The maximum absolute atomic E-state index is 15.1. The Bertz CT molecular complexity index is 2020. The normalized spacial score (nSPS) is 11.7. The predicted molar refractivity (Wildman–Crippen MR) is 166 cm³/mol. The van der Waals surface area contributed by atoms with Gasteiger partial charge in [-0.25, -0.2) is 43.9 Å². The van der Waals surface area contributed by atoms with E-state index in [4.69, 9.17) is 11.6 Å². The van der Waals surface area contributed by atoms with Gasteiger partial charge in [-0.05, 0) is 83.6 Å². The van der Waals surface area contributed by atoms with Gasteiger partial charge in [-0.2, -0.15) is 8.78 Å². The third kappa shape index (κ3) is 7.83. The molecule has 0 aliphatic carbocycles. The average molecular weight is 747 g/mol. The van der Waals surface area contributed by atoms with Crippen LogP contribution >= 0.6 is 11.6 Å². The molecule has 0 atom stereocenters. The van der Waals surface area contributed by atoms with E-state index >= 15 is 30.7 Å². The van der Waals surface area contributed by atoms with Crippen LogP contribution in [0.4, 0.5) is 52.7 Å². The van der Waals surface area contributed by atoms with Crippen LogP contribution in [-0.2, 0) is 12.5 Å². The lowest BCUT2D eigenvalue weighted by molar-refractivity contribution is -0.189. The van der Waals surface area contributed by atoms with Crippen molar-refractivity contribution < 1.29 is 57.4 Å². The van der Waals surface area contributed by atoms with Crippen LogP contribution in [-0.4, -0.2) is 0 Å². The van der Waals surface area contributed by atoms with Crippen LogP contribution in [0, 0.1) is 58.2 Å². The number of rotatable bonds is 11. The fraction of sp³-hybridized carbons (Fsp3) is 0.189. The third-order valence-corrected chi connectivity index (χ3v) is 8.21. The number of benzene rings is 5. The molecule has 0 aliphatic heterocycles. The van der Waals surface area contributed by atoms with Gasteiger partial charge in [-0.15, -0.1) is 0 Å². The van der Waals surface area contributed by atoms with Gasteiger partial charge in [0, 0.05) is 17.7 Å². The lowest BCUT2D eigenvalue weighted by Gasteiger charge is -2.21. The summed E-state index contributed by atoms with van der Waals surface area (Å²) in [5.74, 6) is -17.5. The number of hydrogen-bond donors (Lipinski definition) is 0. The van der Waals surface area contributed by atoms with Crippen LogP contribution in [0.1, 0.15) is 43.7 Å². The van der Waals surface area contributed by atoms with Crippen molar-refractivity contribution in [3.63, 3.8) is 0 Å². The summed E-state index contributed by atoms with van der Waals surface area (Å²) in [4.78, 5) is 0. The molecule has 0 saturated carbocycles. The molecule has 0 bridgehead atoms. The Labute approximate surface area is 288 Å². The van der Waals surface area contributed by atoms with Gasteiger partial charge >= 0.3 is 6.11 Å². The Morgan fingerprint density at radius 3 is 1.45 bits per heavy atom. The van der Waals surface area contributed by atoms with Crippen molar-refractivity contribution in [2.75, 3.05) is 0 Å². The molecule has 0 N–H and O–H groups in total. The van der Waals surface area contributed by atoms with E-state index in [1.165, 1.54) is 0 Å². The molecule has 0 unspecified atom stereocenters. The van der Waals surface area contributed by atoms with Gasteiger partial charge in [0.15, 0.2) is 17.5 Å². The van der Waals surface area contributed by atoms with Gasteiger partial charge in [-0.3, -0.25) is 0 Å². The van der Waals surface area contributed by atoms with Crippen LogP contribution in [0.15, 0.2) is 60.7 Å². The van der Waals surface area contributed by atoms with Crippen molar-refractivity contribution in [3.05, 3.63) is 135 Å². The molecule has 0 heterocycles. The van der Waals surface area contributed by atoms with E-state index in [0.717, 1.165) is 37.5 Å². The summed E-state index contributed by atoms with van der Waals surface area (Å²) in [5, 5.41) is -0.631. The zero-order valence-electron chi connectivity index (χ0n) is 26.1. The topological polar surface area (TPSA) is 9.23 Å². The van der Waals surface area contributed by atoms with E-state index in [1.807, 2.05) is 6.92 Å². The summed E-state index contributed by atoms with van der Waals surface area (Å²) in [7, 11) is 0. The Morgan fingerprint density at radius 2 is 0.941 bits per heavy atom. The van der Waals surface area contributed by atoms with E-state index < -0.39 is 114 Å². The quantitative estimate of drug-likeness (QED) is 0.0743. The van der Waals surface area contributed by atoms with E-state index in [-0.39, 0.29) is 29.8 Å². The highest BCUT2D eigenvalue weighted by Gasteiger charge is 2.42. The van der Waals surface area contributed by atoms with Gasteiger partial charge in [0.25, 0.3) is 0 Å². The minimum Gasteiger partial charge on any atom is -0.429 e. The molecule has 51 heavy (non-hydrogen) atoms. The molecular formula is C37H23ClF12O. The number of ether oxygens (including phenoxy) is 1. The molecule has 0 amide bonds.